The van der Waals surface area contributed by atoms with Crippen LogP contribution >= 0.6 is 11.8 Å². The smallest absolute Gasteiger partial charge is 0.325 e. The van der Waals surface area contributed by atoms with Crippen LogP contribution in [-0.2, 0) is 17.5 Å². The van der Waals surface area contributed by atoms with Crippen LogP contribution < -0.4 is 11.0 Å². The van der Waals surface area contributed by atoms with Crippen molar-refractivity contribution in [2.75, 3.05) is 11.1 Å². The van der Waals surface area contributed by atoms with E-state index in [0.29, 0.717) is 11.7 Å². The van der Waals surface area contributed by atoms with E-state index in [0.717, 1.165) is 30.7 Å². The summed E-state index contributed by atoms with van der Waals surface area (Å²) in [5.74, 6) is -0.776. The molecule has 6 nitrogen and oxygen atoms in total. The molecule has 0 radical (unpaired) electrons. The lowest BCUT2D eigenvalue weighted by molar-refractivity contribution is -0.137. The van der Waals surface area contributed by atoms with E-state index in [2.05, 4.69) is 15.5 Å². The average Bonchev–Trinajstić information content (AvgIpc) is 2.90. The molecule has 0 aliphatic rings. The lowest BCUT2D eigenvalue weighted by Crippen LogP contribution is -2.20. The van der Waals surface area contributed by atoms with Gasteiger partial charge in [-0.25, -0.2) is 9.89 Å². The molecule has 0 bridgehead atoms. The van der Waals surface area contributed by atoms with E-state index in [9.17, 15) is 22.8 Å². The molecule has 0 fully saturated rings. The van der Waals surface area contributed by atoms with Crippen molar-refractivity contribution in [2.24, 2.45) is 0 Å². The molecule has 2 N–H and O–H groups in total. The van der Waals surface area contributed by atoms with E-state index in [-0.39, 0.29) is 17.1 Å². The van der Waals surface area contributed by atoms with Gasteiger partial charge in [0.1, 0.15) is 0 Å². The number of para-hydroxylation sites is 1. The Morgan fingerprint density at radius 2 is 2.08 bits per heavy atom. The summed E-state index contributed by atoms with van der Waals surface area (Å²) in [5.41, 5.74) is -1.59. The lowest BCUT2D eigenvalue weighted by Gasteiger charge is -2.13. The molecular formula is C15H17F3N4O2S. The van der Waals surface area contributed by atoms with Gasteiger partial charge in [-0.3, -0.25) is 9.36 Å². The Balaban J connectivity index is 2.02. The van der Waals surface area contributed by atoms with Gasteiger partial charge in [0.05, 0.1) is 17.0 Å². The van der Waals surface area contributed by atoms with Gasteiger partial charge in [0.2, 0.25) is 5.91 Å². The minimum Gasteiger partial charge on any atom is -0.325 e. The van der Waals surface area contributed by atoms with Crippen LogP contribution in [0.1, 0.15) is 25.3 Å². The number of aromatic nitrogens is 3. The monoisotopic (exact) mass is 374 g/mol. The summed E-state index contributed by atoms with van der Waals surface area (Å²) >= 11 is 0.986. The van der Waals surface area contributed by atoms with Gasteiger partial charge >= 0.3 is 11.9 Å². The summed E-state index contributed by atoms with van der Waals surface area (Å²) < 4.78 is 40.2. The minimum atomic E-state index is -4.56. The fraction of sp³-hybridized carbons (Fsp3) is 0.400. The molecule has 2 rings (SSSR count). The number of benzene rings is 1. The van der Waals surface area contributed by atoms with E-state index < -0.39 is 17.6 Å². The van der Waals surface area contributed by atoms with Gasteiger partial charge in [0.15, 0.2) is 5.16 Å². The fourth-order valence-electron chi connectivity index (χ4n) is 2.08. The standard InChI is InChI=1S/C15H17F3N4O2S/c1-2-3-8-22-13(24)20-21-14(22)25-9-12(23)19-11-7-5-4-6-10(11)15(16,17)18/h4-7H,2-3,8-9H2,1H3,(H,19,23)(H,20,24). The molecule has 1 aromatic carbocycles. The predicted molar refractivity (Wildman–Crippen MR) is 88.6 cm³/mol. The van der Waals surface area contributed by atoms with Crippen molar-refractivity contribution in [3.05, 3.63) is 40.3 Å². The van der Waals surface area contributed by atoms with Gasteiger partial charge in [-0.1, -0.05) is 37.2 Å². The number of carbonyl (C=O) groups is 1. The van der Waals surface area contributed by atoms with Gasteiger partial charge in [-0.05, 0) is 18.6 Å². The summed E-state index contributed by atoms with van der Waals surface area (Å²) in [5, 5.41) is 8.72. The van der Waals surface area contributed by atoms with Crippen molar-refractivity contribution in [2.45, 2.75) is 37.6 Å². The summed E-state index contributed by atoms with van der Waals surface area (Å²) in [4.78, 5) is 23.6. The third kappa shape index (κ3) is 5.12. The maximum absolute atomic E-state index is 12.9. The number of nitrogens with one attached hydrogen (secondary N) is 2. The van der Waals surface area contributed by atoms with Crippen molar-refractivity contribution >= 4 is 23.4 Å². The highest BCUT2D eigenvalue weighted by Gasteiger charge is 2.33. The Labute approximate surface area is 145 Å². The Bertz CT molecular complexity index is 786. The highest BCUT2D eigenvalue weighted by molar-refractivity contribution is 7.99. The van der Waals surface area contributed by atoms with E-state index in [4.69, 9.17) is 0 Å². The first kappa shape index (κ1) is 19.1. The van der Waals surface area contributed by atoms with Crippen LogP contribution in [0.25, 0.3) is 0 Å². The molecule has 1 amide bonds. The number of amides is 1. The molecule has 0 saturated carbocycles. The number of carbonyl (C=O) groups excluding carboxylic acids is 1. The zero-order chi connectivity index (χ0) is 18.4. The first-order valence-electron chi connectivity index (χ1n) is 7.57. The first-order valence-corrected chi connectivity index (χ1v) is 8.55. The molecule has 0 saturated heterocycles. The number of H-pyrrole nitrogens is 1. The molecule has 25 heavy (non-hydrogen) atoms. The number of nitrogens with zero attached hydrogens (tertiary/aromatic N) is 2. The van der Waals surface area contributed by atoms with Gasteiger partial charge in [0, 0.05) is 6.54 Å². The summed E-state index contributed by atoms with van der Waals surface area (Å²) in [6.07, 6.45) is -2.89. The predicted octanol–water partition coefficient (Wildman–Crippen LogP) is 3.12. The number of anilines is 1. The maximum atomic E-state index is 12.9. The Kier molecular flexibility index (Phi) is 6.29. The summed E-state index contributed by atoms with van der Waals surface area (Å²) in [6, 6.07) is 4.76. The normalized spacial score (nSPS) is 11.5. The third-order valence-corrected chi connectivity index (χ3v) is 4.27. The largest absolute Gasteiger partial charge is 0.418 e. The van der Waals surface area contributed by atoms with Crippen LogP contribution in [0.3, 0.4) is 0 Å². The fourth-order valence-corrected chi connectivity index (χ4v) is 2.86. The number of unbranched alkanes of at least 4 members (excludes halogenated alkanes) is 1. The zero-order valence-electron chi connectivity index (χ0n) is 13.4. The van der Waals surface area contributed by atoms with Crippen LogP contribution in [0.2, 0.25) is 0 Å². The number of halogens is 3. The molecule has 0 atom stereocenters. The lowest BCUT2D eigenvalue weighted by atomic mass is 10.1. The SMILES string of the molecule is CCCCn1c(SCC(=O)Nc2ccccc2C(F)(F)F)n[nH]c1=O. The first-order chi connectivity index (χ1) is 11.8. The Morgan fingerprint density at radius 1 is 1.36 bits per heavy atom. The van der Waals surface area contributed by atoms with Crippen molar-refractivity contribution in [3.8, 4) is 0 Å². The summed E-state index contributed by atoms with van der Waals surface area (Å²) in [6.45, 7) is 2.44. The average molecular weight is 374 g/mol. The molecule has 0 aliphatic heterocycles. The van der Waals surface area contributed by atoms with Crippen LogP contribution in [-0.4, -0.2) is 26.4 Å². The second-order valence-corrected chi connectivity index (χ2v) is 6.14. The number of thioether (sulfide) groups is 1. The highest BCUT2D eigenvalue weighted by atomic mass is 32.2. The van der Waals surface area contributed by atoms with Gasteiger partial charge in [0.25, 0.3) is 0 Å². The molecule has 2 aromatic rings. The number of rotatable bonds is 7. The third-order valence-electron chi connectivity index (χ3n) is 3.30. The number of hydrogen-bond donors (Lipinski definition) is 2. The molecule has 1 aromatic heterocycles. The van der Waals surface area contributed by atoms with Crippen molar-refractivity contribution < 1.29 is 18.0 Å². The van der Waals surface area contributed by atoms with Crippen molar-refractivity contribution in [1.82, 2.24) is 14.8 Å². The number of aromatic amines is 1. The van der Waals surface area contributed by atoms with Crippen LogP contribution in [0, 0.1) is 0 Å². The molecular weight excluding hydrogens is 357 g/mol. The second-order valence-electron chi connectivity index (χ2n) is 5.20. The van der Waals surface area contributed by atoms with E-state index >= 15 is 0 Å². The van der Waals surface area contributed by atoms with E-state index in [1.807, 2.05) is 6.92 Å². The Morgan fingerprint density at radius 3 is 2.76 bits per heavy atom. The van der Waals surface area contributed by atoms with Crippen molar-refractivity contribution in [1.29, 1.82) is 0 Å². The molecule has 0 aliphatic carbocycles. The molecule has 10 heteroatoms. The zero-order valence-corrected chi connectivity index (χ0v) is 14.2. The highest BCUT2D eigenvalue weighted by Crippen LogP contribution is 2.34. The number of alkyl halides is 3. The van der Waals surface area contributed by atoms with Crippen LogP contribution in [0.15, 0.2) is 34.2 Å². The van der Waals surface area contributed by atoms with Gasteiger partial charge < -0.3 is 5.32 Å². The molecule has 0 unspecified atom stereocenters. The van der Waals surface area contributed by atoms with E-state index in [1.165, 1.54) is 22.8 Å². The Hall–Kier alpha value is -2.23. The minimum absolute atomic E-state index is 0.164. The summed E-state index contributed by atoms with van der Waals surface area (Å²) in [7, 11) is 0. The van der Waals surface area contributed by atoms with Crippen LogP contribution in [0.5, 0.6) is 0 Å². The van der Waals surface area contributed by atoms with Gasteiger partial charge in [-0.15, -0.1) is 5.10 Å². The van der Waals surface area contributed by atoms with Crippen molar-refractivity contribution in [3.63, 3.8) is 0 Å². The van der Waals surface area contributed by atoms with Crippen LogP contribution in [0.4, 0.5) is 18.9 Å². The number of hydrogen-bond acceptors (Lipinski definition) is 4. The molecule has 0 spiro atoms. The topological polar surface area (TPSA) is 79.8 Å². The van der Waals surface area contributed by atoms with E-state index in [1.54, 1.807) is 0 Å². The maximum Gasteiger partial charge on any atom is 0.418 e. The molecule has 1 heterocycles. The quantitative estimate of drug-likeness (QED) is 0.730. The molecule has 136 valence electrons. The van der Waals surface area contributed by atoms with Gasteiger partial charge in [-0.2, -0.15) is 13.2 Å². The second kappa shape index (κ2) is 8.24.